The van der Waals surface area contributed by atoms with Gasteiger partial charge in [0.05, 0.1) is 12.1 Å². The summed E-state index contributed by atoms with van der Waals surface area (Å²) < 4.78 is 0. The molecule has 1 aromatic carbocycles. The topological polar surface area (TPSA) is 58.5 Å². The van der Waals surface area contributed by atoms with Gasteiger partial charge in [-0.15, -0.1) is 0 Å². The summed E-state index contributed by atoms with van der Waals surface area (Å²) in [6.45, 7) is 1.91. The molecule has 1 aliphatic carbocycles. The van der Waals surface area contributed by atoms with Crippen LogP contribution in [-0.2, 0) is 16.0 Å². The van der Waals surface area contributed by atoms with Crippen LogP contribution in [0.3, 0.4) is 0 Å². The number of nitrogens with one attached hydrogen (secondary N) is 1. The molecule has 5 heteroatoms. The second-order valence-electron chi connectivity index (χ2n) is 5.51. The van der Waals surface area contributed by atoms with E-state index in [2.05, 4.69) is 10.3 Å². The molecule has 1 aliphatic heterocycles. The molecule has 23 heavy (non-hydrogen) atoms. The van der Waals surface area contributed by atoms with Gasteiger partial charge >= 0.3 is 0 Å². The summed E-state index contributed by atoms with van der Waals surface area (Å²) in [5, 5.41) is 3.35. The Kier molecular flexibility index (Phi) is 4.26. The van der Waals surface area contributed by atoms with Gasteiger partial charge in [-0.3, -0.25) is 9.59 Å². The van der Waals surface area contributed by atoms with Crippen molar-refractivity contribution in [3.05, 3.63) is 70.4 Å². The van der Waals surface area contributed by atoms with E-state index in [1.165, 1.54) is 0 Å². The number of amides is 2. The minimum absolute atomic E-state index is 0.0466. The van der Waals surface area contributed by atoms with Gasteiger partial charge in [0.2, 0.25) is 5.91 Å². The molecule has 2 aliphatic rings. The van der Waals surface area contributed by atoms with Crippen LogP contribution < -0.4 is 5.32 Å². The number of aliphatic imine (C=N–C) groups is 1. The molecule has 3 rings (SSSR count). The summed E-state index contributed by atoms with van der Waals surface area (Å²) in [7, 11) is 0. The van der Waals surface area contributed by atoms with Crippen molar-refractivity contribution in [2.45, 2.75) is 13.3 Å². The van der Waals surface area contributed by atoms with Gasteiger partial charge in [-0.05, 0) is 30.7 Å². The zero-order chi connectivity index (χ0) is 16.4. The highest BCUT2D eigenvalue weighted by Crippen LogP contribution is 2.26. The number of carbonyl (C=O) groups is 2. The van der Waals surface area contributed by atoms with E-state index in [-0.39, 0.29) is 24.2 Å². The molecule has 2 amide bonds. The van der Waals surface area contributed by atoms with Crippen LogP contribution in [0, 0.1) is 5.92 Å². The first-order valence-corrected chi connectivity index (χ1v) is 7.64. The molecule has 1 heterocycles. The molecular weight excluding hydrogens is 312 g/mol. The summed E-state index contributed by atoms with van der Waals surface area (Å²) in [5.74, 6) is -0.380. The number of halogens is 1. The summed E-state index contributed by atoms with van der Waals surface area (Å²) >= 11 is 6.05. The molecule has 1 N–H and O–H groups in total. The summed E-state index contributed by atoms with van der Waals surface area (Å²) in [6, 6.07) is 7.21. The van der Waals surface area contributed by atoms with Crippen molar-refractivity contribution in [3.8, 4) is 0 Å². The van der Waals surface area contributed by atoms with Crippen LogP contribution >= 0.6 is 11.6 Å². The van der Waals surface area contributed by atoms with Gasteiger partial charge in [0, 0.05) is 22.7 Å². The molecule has 1 aromatic rings. The highest BCUT2D eigenvalue weighted by Gasteiger charge is 2.23. The average Bonchev–Trinajstić information content (AvgIpc) is 2.49. The van der Waals surface area contributed by atoms with Gasteiger partial charge in [0.15, 0.2) is 0 Å². The smallest absolute Gasteiger partial charge is 0.250 e. The predicted molar refractivity (Wildman–Crippen MR) is 90.2 cm³/mol. The van der Waals surface area contributed by atoms with Crippen molar-refractivity contribution in [1.29, 1.82) is 0 Å². The number of hydrogen-bond acceptors (Lipinski definition) is 2. The number of hydrogen-bond donors (Lipinski definition) is 1. The SMILES string of the molecule is CC1=CC(=O)NC2=CC(=NC(=O)Cc3ccccc3Cl)C=CC12. The molecular formula is C18H15ClN2O2. The van der Waals surface area contributed by atoms with Crippen molar-refractivity contribution in [1.82, 2.24) is 5.32 Å². The lowest BCUT2D eigenvalue weighted by atomic mass is 9.89. The Morgan fingerprint density at radius 1 is 1.30 bits per heavy atom. The molecule has 0 bridgehead atoms. The van der Waals surface area contributed by atoms with Crippen LogP contribution in [0.5, 0.6) is 0 Å². The quantitative estimate of drug-likeness (QED) is 0.908. The highest BCUT2D eigenvalue weighted by molar-refractivity contribution is 6.31. The molecule has 0 saturated heterocycles. The van der Waals surface area contributed by atoms with Crippen molar-refractivity contribution >= 4 is 29.1 Å². The van der Waals surface area contributed by atoms with Crippen LogP contribution in [0.15, 0.2) is 64.8 Å². The van der Waals surface area contributed by atoms with Crippen LogP contribution in [0.4, 0.5) is 0 Å². The molecule has 1 unspecified atom stereocenters. The van der Waals surface area contributed by atoms with Crippen molar-refractivity contribution < 1.29 is 9.59 Å². The maximum absolute atomic E-state index is 12.1. The Hall–Kier alpha value is -2.46. The fourth-order valence-corrected chi connectivity index (χ4v) is 2.84. The zero-order valence-corrected chi connectivity index (χ0v) is 13.3. The number of carbonyl (C=O) groups excluding carboxylic acids is 2. The number of nitrogens with zero attached hydrogens (tertiary/aromatic N) is 1. The number of benzene rings is 1. The molecule has 4 nitrogen and oxygen atoms in total. The van der Waals surface area contributed by atoms with Crippen LogP contribution in [-0.4, -0.2) is 17.5 Å². The van der Waals surface area contributed by atoms with Gasteiger partial charge in [-0.1, -0.05) is 41.4 Å². The van der Waals surface area contributed by atoms with Gasteiger partial charge < -0.3 is 5.32 Å². The number of rotatable bonds is 2. The molecule has 0 saturated carbocycles. The fraction of sp³-hybridized carbons (Fsp3) is 0.167. The van der Waals surface area contributed by atoms with Gasteiger partial charge in [0.25, 0.3) is 5.91 Å². The van der Waals surface area contributed by atoms with Gasteiger partial charge in [0.1, 0.15) is 0 Å². The monoisotopic (exact) mass is 326 g/mol. The Labute approximate surface area is 139 Å². The highest BCUT2D eigenvalue weighted by atomic mass is 35.5. The van der Waals surface area contributed by atoms with E-state index in [0.29, 0.717) is 10.7 Å². The van der Waals surface area contributed by atoms with Crippen LogP contribution in [0.1, 0.15) is 12.5 Å². The van der Waals surface area contributed by atoms with E-state index in [1.54, 1.807) is 30.4 Å². The first kappa shape index (κ1) is 15.4. The average molecular weight is 327 g/mol. The third-order valence-electron chi connectivity index (χ3n) is 3.77. The van der Waals surface area contributed by atoms with Gasteiger partial charge in [-0.2, -0.15) is 0 Å². The molecule has 0 spiro atoms. The molecule has 116 valence electrons. The Morgan fingerprint density at radius 2 is 2.09 bits per heavy atom. The Bertz CT molecular complexity index is 803. The third-order valence-corrected chi connectivity index (χ3v) is 4.14. The minimum atomic E-state index is -0.276. The number of fused-ring (bicyclic) bond motifs is 1. The molecule has 1 atom stereocenters. The second-order valence-corrected chi connectivity index (χ2v) is 5.92. The largest absolute Gasteiger partial charge is 0.325 e. The number of allylic oxidation sites excluding steroid dienone is 3. The van der Waals surface area contributed by atoms with Crippen LogP contribution in [0.2, 0.25) is 5.02 Å². The molecule has 0 radical (unpaired) electrons. The first-order chi connectivity index (χ1) is 11.0. The van der Waals surface area contributed by atoms with Crippen molar-refractivity contribution in [2.75, 3.05) is 0 Å². The lowest BCUT2D eigenvalue weighted by Gasteiger charge is -2.25. The maximum atomic E-state index is 12.1. The molecule has 0 aromatic heterocycles. The Morgan fingerprint density at radius 3 is 2.87 bits per heavy atom. The minimum Gasteiger partial charge on any atom is -0.325 e. The first-order valence-electron chi connectivity index (χ1n) is 7.27. The zero-order valence-electron chi connectivity index (χ0n) is 12.5. The summed E-state index contributed by atoms with van der Waals surface area (Å²) in [6.07, 6.45) is 7.20. The lowest BCUT2D eigenvalue weighted by molar-refractivity contribution is -0.117. The second kappa shape index (κ2) is 6.34. The fourth-order valence-electron chi connectivity index (χ4n) is 2.64. The third kappa shape index (κ3) is 3.48. The normalized spacial score (nSPS) is 21.4. The summed E-state index contributed by atoms with van der Waals surface area (Å²) in [5.41, 5.74) is 3.00. The van der Waals surface area contributed by atoms with Gasteiger partial charge in [-0.25, -0.2) is 4.99 Å². The van der Waals surface area contributed by atoms with E-state index in [4.69, 9.17) is 11.6 Å². The predicted octanol–water partition coefficient (Wildman–Crippen LogP) is 3.00. The van der Waals surface area contributed by atoms with E-state index in [9.17, 15) is 9.59 Å². The Balaban J connectivity index is 1.78. The van der Waals surface area contributed by atoms with Crippen molar-refractivity contribution in [3.63, 3.8) is 0 Å². The van der Waals surface area contributed by atoms with E-state index in [1.807, 2.05) is 25.1 Å². The van der Waals surface area contributed by atoms with Crippen molar-refractivity contribution in [2.24, 2.45) is 10.9 Å². The van der Waals surface area contributed by atoms with E-state index in [0.717, 1.165) is 16.8 Å². The summed E-state index contributed by atoms with van der Waals surface area (Å²) in [4.78, 5) is 27.8. The van der Waals surface area contributed by atoms with E-state index < -0.39 is 0 Å². The standard InChI is InChI=1S/C18H15ClN2O2/c1-11-8-17(22)21-16-10-13(6-7-14(11)16)20-18(23)9-12-4-2-3-5-15(12)19/h2-8,10,14H,9H2,1H3,(H,21,22). The molecule has 0 fully saturated rings. The maximum Gasteiger partial charge on any atom is 0.250 e. The van der Waals surface area contributed by atoms with Crippen LogP contribution in [0.25, 0.3) is 0 Å². The lowest BCUT2D eigenvalue weighted by Crippen LogP contribution is -2.32. The van der Waals surface area contributed by atoms with E-state index >= 15 is 0 Å².